The molecular formula is C25H24ClFN4O3. The zero-order valence-corrected chi connectivity index (χ0v) is 19.8. The van der Waals surface area contributed by atoms with E-state index in [0.29, 0.717) is 39.3 Å². The third-order valence-corrected chi connectivity index (χ3v) is 5.28. The van der Waals surface area contributed by atoms with Gasteiger partial charge >= 0.3 is 6.09 Å². The van der Waals surface area contributed by atoms with Crippen LogP contribution in [0.3, 0.4) is 0 Å². The highest BCUT2D eigenvalue weighted by Crippen LogP contribution is 2.25. The number of hydrogen-bond acceptors (Lipinski definition) is 5. The van der Waals surface area contributed by atoms with Gasteiger partial charge in [-0.3, -0.25) is 9.80 Å². The summed E-state index contributed by atoms with van der Waals surface area (Å²) in [5.41, 5.74) is 0.853. The maximum absolute atomic E-state index is 14.4. The van der Waals surface area contributed by atoms with Gasteiger partial charge in [0.25, 0.3) is 0 Å². The van der Waals surface area contributed by atoms with Gasteiger partial charge in [-0.2, -0.15) is 0 Å². The summed E-state index contributed by atoms with van der Waals surface area (Å²) in [4.78, 5) is 33.6. The number of nitrogens with one attached hydrogen (secondary N) is 1. The fourth-order valence-corrected chi connectivity index (χ4v) is 3.69. The molecule has 4 rings (SSSR count). The normalized spacial score (nSPS) is 13.7. The Morgan fingerprint density at radius 3 is 2.79 bits per heavy atom. The van der Waals surface area contributed by atoms with Crippen LogP contribution in [-0.2, 0) is 11.3 Å². The van der Waals surface area contributed by atoms with Crippen LogP contribution in [-0.4, -0.2) is 44.0 Å². The summed E-state index contributed by atoms with van der Waals surface area (Å²) in [7, 11) is 0. The topological polar surface area (TPSA) is 78.5 Å². The zero-order chi connectivity index (χ0) is 24.5. The second-order valence-electron chi connectivity index (χ2n) is 8.82. The number of hydrogen-bond donors (Lipinski definition) is 1. The number of halogens is 2. The molecule has 0 atom stereocenters. The predicted octanol–water partition coefficient (Wildman–Crippen LogP) is 5.65. The molecule has 1 aliphatic heterocycles. The van der Waals surface area contributed by atoms with E-state index >= 15 is 0 Å². The molecule has 2 aromatic heterocycles. The molecule has 9 heteroatoms. The lowest BCUT2D eigenvalue weighted by molar-refractivity contribution is -0.0307. The van der Waals surface area contributed by atoms with Crippen molar-refractivity contribution in [3.05, 3.63) is 88.6 Å². The number of benzene rings is 1. The Bertz CT molecular complexity index is 1310. The van der Waals surface area contributed by atoms with Crippen LogP contribution in [0.5, 0.6) is 0 Å². The number of amides is 1. The number of carbonyl (C=O) groups excluding carboxylic acids is 2. The lowest BCUT2D eigenvalue weighted by atomic mass is 10.0. The first-order chi connectivity index (χ1) is 16.1. The van der Waals surface area contributed by atoms with Crippen LogP contribution < -0.4 is 0 Å². The smallest absolute Gasteiger partial charge is 0.429 e. The van der Waals surface area contributed by atoms with Crippen molar-refractivity contribution in [1.29, 1.82) is 0 Å². The molecule has 0 saturated carbocycles. The number of fused-ring (bicyclic) bond motifs is 1. The van der Waals surface area contributed by atoms with E-state index in [1.54, 1.807) is 74.6 Å². The molecule has 0 spiro atoms. The van der Waals surface area contributed by atoms with Crippen molar-refractivity contribution in [3.8, 4) is 0 Å². The molecule has 0 radical (unpaired) electrons. The number of pyridine rings is 1. The molecule has 3 heterocycles. The van der Waals surface area contributed by atoms with Gasteiger partial charge in [-0.05, 0) is 32.9 Å². The van der Waals surface area contributed by atoms with Crippen molar-refractivity contribution in [2.75, 3.05) is 6.54 Å². The SMILES string of the molecule is CC(C)(C)OC(=O)N(Cc1ccccc1F)N1C=C(C(=O)c2c[nH]c3ncc(Cl)cc23)C=CC1. The Morgan fingerprint density at radius 1 is 1.29 bits per heavy atom. The Labute approximate surface area is 201 Å². The number of aromatic nitrogens is 2. The van der Waals surface area contributed by atoms with Crippen molar-refractivity contribution in [3.63, 3.8) is 0 Å². The monoisotopic (exact) mass is 482 g/mol. The average molecular weight is 483 g/mol. The van der Waals surface area contributed by atoms with Crippen molar-refractivity contribution in [1.82, 2.24) is 20.0 Å². The largest absolute Gasteiger partial charge is 0.442 e. The Hall–Kier alpha value is -3.65. The molecule has 34 heavy (non-hydrogen) atoms. The van der Waals surface area contributed by atoms with Gasteiger partial charge in [0.15, 0.2) is 5.78 Å². The fraction of sp³-hybridized carbons (Fsp3) is 0.240. The summed E-state index contributed by atoms with van der Waals surface area (Å²) in [5.74, 6) is -0.710. The molecule has 0 fully saturated rings. The Morgan fingerprint density at radius 2 is 2.06 bits per heavy atom. The first kappa shape index (κ1) is 23.5. The summed E-state index contributed by atoms with van der Waals surface area (Å²) in [5, 5.41) is 3.85. The molecule has 1 aliphatic rings. The lowest BCUT2D eigenvalue weighted by Gasteiger charge is -2.36. The molecular weight excluding hydrogens is 459 g/mol. The lowest BCUT2D eigenvalue weighted by Crippen LogP contribution is -2.46. The van der Waals surface area contributed by atoms with Crippen LogP contribution in [0.25, 0.3) is 11.0 Å². The number of nitrogens with zero attached hydrogens (tertiary/aromatic N) is 3. The minimum atomic E-state index is -0.755. The number of Topliss-reactive ketones (excluding diaryl/α,β-unsaturated/α-hetero) is 1. The van der Waals surface area contributed by atoms with Crippen LogP contribution in [0.15, 0.2) is 66.7 Å². The number of allylic oxidation sites excluding steroid dienone is 2. The number of H-pyrrole nitrogens is 1. The van der Waals surface area contributed by atoms with Crippen molar-refractivity contribution < 1.29 is 18.7 Å². The molecule has 3 aromatic rings. The number of aromatic amines is 1. The van der Waals surface area contributed by atoms with Crippen LogP contribution in [0.4, 0.5) is 9.18 Å². The molecule has 0 saturated heterocycles. The number of carbonyl (C=O) groups is 2. The maximum atomic E-state index is 14.4. The Balaban J connectivity index is 1.67. The van der Waals surface area contributed by atoms with Gasteiger partial charge < -0.3 is 9.72 Å². The molecule has 0 aliphatic carbocycles. The van der Waals surface area contributed by atoms with Crippen molar-refractivity contribution in [2.24, 2.45) is 0 Å². The highest BCUT2D eigenvalue weighted by atomic mass is 35.5. The second kappa shape index (κ2) is 9.30. The average Bonchev–Trinajstić information content (AvgIpc) is 3.20. The number of ketones is 1. The molecule has 0 bridgehead atoms. The van der Waals surface area contributed by atoms with Crippen LogP contribution in [0, 0.1) is 5.82 Å². The number of ether oxygens (including phenoxy) is 1. The van der Waals surface area contributed by atoms with E-state index in [4.69, 9.17) is 16.3 Å². The standard InChI is InChI=1S/C25H24ClFN4O3/c1-25(2,3)34-24(33)31(15-16-7-4-5-9-21(16)27)30-10-6-8-17(14-30)22(32)20-13-29-23-19(20)11-18(26)12-28-23/h4-9,11-14H,10,15H2,1-3H3,(H,28,29). The zero-order valence-electron chi connectivity index (χ0n) is 19.0. The third kappa shape index (κ3) is 5.12. The van der Waals surface area contributed by atoms with Gasteiger partial charge in [0.05, 0.1) is 18.1 Å². The van der Waals surface area contributed by atoms with Gasteiger partial charge in [-0.1, -0.05) is 42.0 Å². The molecule has 1 aromatic carbocycles. The van der Waals surface area contributed by atoms with E-state index in [-0.39, 0.29) is 12.3 Å². The molecule has 1 N–H and O–H groups in total. The quantitative estimate of drug-likeness (QED) is 0.476. The third-order valence-electron chi connectivity index (χ3n) is 5.07. The van der Waals surface area contributed by atoms with E-state index in [9.17, 15) is 14.0 Å². The highest BCUT2D eigenvalue weighted by molar-refractivity contribution is 6.31. The summed E-state index contributed by atoms with van der Waals surface area (Å²) < 4.78 is 19.9. The van der Waals surface area contributed by atoms with E-state index in [0.717, 1.165) is 0 Å². The van der Waals surface area contributed by atoms with Gasteiger partial charge in [0, 0.05) is 40.7 Å². The van der Waals surface area contributed by atoms with E-state index < -0.39 is 17.5 Å². The van der Waals surface area contributed by atoms with E-state index in [1.165, 1.54) is 17.3 Å². The van der Waals surface area contributed by atoms with Gasteiger partial charge in [0.1, 0.15) is 17.1 Å². The second-order valence-corrected chi connectivity index (χ2v) is 9.26. The first-order valence-corrected chi connectivity index (χ1v) is 11.1. The van der Waals surface area contributed by atoms with E-state index in [1.807, 2.05) is 0 Å². The Kier molecular flexibility index (Phi) is 6.43. The minimum Gasteiger partial charge on any atom is -0.442 e. The number of hydrazine groups is 1. The minimum absolute atomic E-state index is 0.0694. The highest BCUT2D eigenvalue weighted by Gasteiger charge is 2.28. The summed E-state index contributed by atoms with van der Waals surface area (Å²) in [6.07, 6.45) is 7.42. The van der Waals surface area contributed by atoms with Crippen LogP contribution in [0.2, 0.25) is 5.02 Å². The van der Waals surface area contributed by atoms with Crippen molar-refractivity contribution in [2.45, 2.75) is 32.9 Å². The van der Waals surface area contributed by atoms with E-state index in [2.05, 4.69) is 9.97 Å². The van der Waals surface area contributed by atoms with Gasteiger partial charge in [-0.25, -0.2) is 19.2 Å². The molecule has 1 amide bonds. The molecule has 0 unspecified atom stereocenters. The maximum Gasteiger partial charge on any atom is 0.429 e. The van der Waals surface area contributed by atoms with Gasteiger partial charge in [-0.15, -0.1) is 0 Å². The van der Waals surface area contributed by atoms with Gasteiger partial charge in [0.2, 0.25) is 0 Å². The van der Waals surface area contributed by atoms with Crippen molar-refractivity contribution >= 4 is 34.5 Å². The first-order valence-electron chi connectivity index (χ1n) is 10.7. The summed E-state index contributed by atoms with van der Waals surface area (Å²) in [6, 6.07) is 7.89. The molecule has 176 valence electrons. The van der Waals surface area contributed by atoms with Crippen LogP contribution in [0.1, 0.15) is 36.7 Å². The van der Waals surface area contributed by atoms with Crippen LogP contribution >= 0.6 is 11.6 Å². The summed E-state index contributed by atoms with van der Waals surface area (Å²) in [6.45, 7) is 5.49. The predicted molar refractivity (Wildman–Crippen MR) is 128 cm³/mol. The fourth-order valence-electron chi connectivity index (χ4n) is 3.53. The molecule has 7 nitrogen and oxygen atoms in total. The number of rotatable bonds is 5. The summed E-state index contributed by atoms with van der Waals surface area (Å²) >= 11 is 6.07.